The van der Waals surface area contributed by atoms with E-state index in [9.17, 15) is 0 Å². The second kappa shape index (κ2) is 5.57. The van der Waals surface area contributed by atoms with Crippen LogP contribution >= 0.6 is 15.9 Å². The third-order valence-corrected chi connectivity index (χ3v) is 4.94. The van der Waals surface area contributed by atoms with Crippen LogP contribution in [0.4, 0.5) is 17.1 Å². The van der Waals surface area contributed by atoms with E-state index in [0.29, 0.717) is 0 Å². The Bertz CT molecular complexity index is 971. The third kappa shape index (κ3) is 2.15. The Morgan fingerprint density at radius 2 is 1.23 bits per heavy atom. The molecular weight excluding hydrogens is 398 g/mol. The first-order valence-electron chi connectivity index (χ1n) is 8.03. The first-order valence-corrected chi connectivity index (χ1v) is 8.82. The predicted octanol–water partition coefficient (Wildman–Crippen LogP) is 6.15. The Morgan fingerprint density at radius 3 is 1.69 bits per heavy atom. The van der Waals surface area contributed by atoms with Crippen molar-refractivity contribution in [3.05, 3.63) is 53.0 Å². The lowest BCUT2D eigenvalue weighted by Crippen LogP contribution is -2.20. The third-order valence-electron chi connectivity index (χ3n) is 4.48. The zero-order valence-electron chi connectivity index (χ0n) is 14.1. The van der Waals surface area contributed by atoms with E-state index in [0.717, 1.165) is 56.0 Å². The van der Waals surface area contributed by atoms with Crippen molar-refractivity contribution >= 4 is 33.0 Å². The van der Waals surface area contributed by atoms with Gasteiger partial charge in [0, 0.05) is 16.6 Å². The molecule has 26 heavy (non-hydrogen) atoms. The number of hydrogen-bond acceptors (Lipinski definition) is 5. The van der Waals surface area contributed by atoms with Crippen LogP contribution in [0.2, 0.25) is 0 Å². The first-order chi connectivity index (χ1) is 12.7. The van der Waals surface area contributed by atoms with Crippen molar-refractivity contribution < 1.29 is 18.9 Å². The van der Waals surface area contributed by atoms with Gasteiger partial charge in [-0.3, -0.25) is 4.90 Å². The molecule has 6 heteroatoms. The van der Waals surface area contributed by atoms with Gasteiger partial charge in [0.1, 0.15) is 17.2 Å². The molecule has 0 fully saturated rings. The molecule has 0 amide bonds. The van der Waals surface area contributed by atoms with Crippen LogP contribution in [0.5, 0.6) is 34.5 Å². The standard InChI is InChI=1S/C20H14BrNO4/c1-23-12-3-5-14-16(9-12)25-18-7-11(21)8-19-20(18)22(14)15-6-4-13(24-2)10-17(15)26-19/h3-10H,1-2H3. The molecule has 0 saturated heterocycles. The number of fused-ring (bicyclic) bond motifs is 4. The Kier molecular flexibility index (Phi) is 3.30. The summed E-state index contributed by atoms with van der Waals surface area (Å²) in [6, 6.07) is 15.5. The highest BCUT2D eigenvalue weighted by atomic mass is 79.9. The fraction of sp³-hybridized carbons (Fsp3) is 0.100. The largest absolute Gasteiger partial charge is 0.497 e. The van der Waals surface area contributed by atoms with Crippen molar-refractivity contribution in [2.45, 2.75) is 0 Å². The molecule has 0 spiro atoms. The summed E-state index contributed by atoms with van der Waals surface area (Å²) in [6.07, 6.45) is 0. The van der Waals surface area contributed by atoms with Crippen LogP contribution in [0.25, 0.3) is 0 Å². The summed E-state index contributed by atoms with van der Waals surface area (Å²) in [5.41, 5.74) is 2.73. The van der Waals surface area contributed by atoms with E-state index in [1.165, 1.54) is 0 Å². The molecule has 0 atom stereocenters. The summed E-state index contributed by atoms with van der Waals surface area (Å²) in [4.78, 5) is 2.15. The van der Waals surface area contributed by atoms with Crippen LogP contribution in [0, 0.1) is 0 Å². The maximum absolute atomic E-state index is 6.15. The molecule has 0 unspecified atom stereocenters. The average Bonchev–Trinajstić information content (AvgIpc) is 2.66. The number of halogens is 1. The lowest BCUT2D eigenvalue weighted by Gasteiger charge is -2.38. The zero-order valence-corrected chi connectivity index (χ0v) is 15.7. The molecule has 2 aliphatic heterocycles. The predicted molar refractivity (Wildman–Crippen MR) is 102 cm³/mol. The van der Waals surface area contributed by atoms with Gasteiger partial charge >= 0.3 is 0 Å². The second-order valence-electron chi connectivity index (χ2n) is 5.96. The van der Waals surface area contributed by atoms with Gasteiger partial charge in [0.25, 0.3) is 0 Å². The van der Waals surface area contributed by atoms with Gasteiger partial charge in [-0.2, -0.15) is 0 Å². The van der Waals surface area contributed by atoms with Crippen molar-refractivity contribution in [3.8, 4) is 34.5 Å². The fourth-order valence-electron chi connectivity index (χ4n) is 3.31. The van der Waals surface area contributed by atoms with Crippen LogP contribution in [0.3, 0.4) is 0 Å². The monoisotopic (exact) mass is 411 g/mol. The Hall–Kier alpha value is -2.86. The lowest BCUT2D eigenvalue weighted by molar-refractivity contribution is 0.404. The van der Waals surface area contributed by atoms with Crippen LogP contribution in [0.15, 0.2) is 53.0 Å². The Morgan fingerprint density at radius 1 is 0.731 bits per heavy atom. The number of hydrogen-bond donors (Lipinski definition) is 0. The van der Waals surface area contributed by atoms with E-state index in [1.807, 2.05) is 48.5 Å². The van der Waals surface area contributed by atoms with Gasteiger partial charge in [-0.15, -0.1) is 0 Å². The van der Waals surface area contributed by atoms with E-state index in [4.69, 9.17) is 18.9 Å². The Balaban J connectivity index is 1.79. The second-order valence-corrected chi connectivity index (χ2v) is 6.87. The minimum atomic E-state index is 0.719. The number of benzene rings is 3. The van der Waals surface area contributed by atoms with Gasteiger partial charge in [-0.05, 0) is 36.4 Å². The van der Waals surface area contributed by atoms with E-state index in [2.05, 4.69) is 20.8 Å². The van der Waals surface area contributed by atoms with E-state index in [1.54, 1.807) is 14.2 Å². The molecular formula is C20H14BrNO4. The molecule has 130 valence electrons. The molecule has 3 aromatic carbocycles. The summed E-state index contributed by atoms with van der Waals surface area (Å²) in [5, 5.41) is 0. The maximum Gasteiger partial charge on any atom is 0.156 e. The molecule has 0 saturated carbocycles. The molecule has 5 nitrogen and oxygen atoms in total. The first kappa shape index (κ1) is 15.4. The number of ether oxygens (including phenoxy) is 4. The van der Waals surface area contributed by atoms with Gasteiger partial charge in [-0.1, -0.05) is 15.9 Å². The van der Waals surface area contributed by atoms with Crippen molar-refractivity contribution in [2.24, 2.45) is 0 Å². The van der Waals surface area contributed by atoms with Crippen molar-refractivity contribution in [2.75, 3.05) is 19.1 Å². The number of nitrogens with zero attached hydrogens (tertiary/aromatic N) is 1. The topological polar surface area (TPSA) is 40.2 Å². The summed E-state index contributed by atoms with van der Waals surface area (Å²) in [7, 11) is 3.28. The molecule has 2 heterocycles. The van der Waals surface area contributed by atoms with Gasteiger partial charge < -0.3 is 18.9 Å². The highest BCUT2D eigenvalue weighted by Crippen LogP contribution is 2.60. The molecule has 0 N–H and O–H groups in total. The average molecular weight is 412 g/mol. The van der Waals surface area contributed by atoms with E-state index in [-0.39, 0.29) is 0 Å². The molecule has 3 aromatic rings. The summed E-state index contributed by atoms with van der Waals surface area (Å²) < 4.78 is 23.9. The number of methoxy groups -OCH3 is 2. The summed E-state index contributed by atoms with van der Waals surface area (Å²) in [6.45, 7) is 0. The molecule has 0 radical (unpaired) electrons. The molecule has 2 aliphatic rings. The Labute approximate surface area is 158 Å². The van der Waals surface area contributed by atoms with Gasteiger partial charge in [0.05, 0.1) is 25.6 Å². The van der Waals surface area contributed by atoms with Gasteiger partial charge in [-0.25, -0.2) is 0 Å². The van der Waals surface area contributed by atoms with Crippen molar-refractivity contribution in [3.63, 3.8) is 0 Å². The van der Waals surface area contributed by atoms with E-state index >= 15 is 0 Å². The fourth-order valence-corrected chi connectivity index (χ4v) is 3.73. The minimum Gasteiger partial charge on any atom is -0.497 e. The molecule has 0 aromatic heterocycles. The number of anilines is 3. The quantitative estimate of drug-likeness (QED) is 0.348. The molecule has 0 aliphatic carbocycles. The van der Waals surface area contributed by atoms with Crippen molar-refractivity contribution in [1.82, 2.24) is 0 Å². The van der Waals surface area contributed by atoms with Crippen LogP contribution in [-0.2, 0) is 0 Å². The summed E-state index contributed by atoms with van der Waals surface area (Å²) in [5.74, 6) is 4.37. The molecule has 0 bridgehead atoms. The highest BCUT2D eigenvalue weighted by molar-refractivity contribution is 9.10. The van der Waals surface area contributed by atoms with Crippen LogP contribution in [-0.4, -0.2) is 14.2 Å². The lowest BCUT2D eigenvalue weighted by atomic mass is 10.1. The maximum atomic E-state index is 6.15. The van der Waals surface area contributed by atoms with Gasteiger partial charge in [0.2, 0.25) is 0 Å². The van der Waals surface area contributed by atoms with E-state index < -0.39 is 0 Å². The summed E-state index contributed by atoms with van der Waals surface area (Å²) >= 11 is 3.53. The number of rotatable bonds is 2. The van der Waals surface area contributed by atoms with Crippen LogP contribution in [0.1, 0.15) is 0 Å². The normalized spacial score (nSPS) is 13.0. The SMILES string of the molecule is COc1ccc2c(c1)Oc1cc(Br)cc3c1N2c1ccc(OC)cc1O3. The smallest absolute Gasteiger partial charge is 0.156 e. The highest BCUT2D eigenvalue weighted by Gasteiger charge is 2.35. The van der Waals surface area contributed by atoms with Gasteiger partial charge in [0.15, 0.2) is 23.0 Å². The van der Waals surface area contributed by atoms with Crippen LogP contribution < -0.4 is 23.8 Å². The minimum absolute atomic E-state index is 0.719. The molecule has 5 rings (SSSR count). The zero-order chi connectivity index (χ0) is 17.8. The van der Waals surface area contributed by atoms with Crippen molar-refractivity contribution in [1.29, 1.82) is 0 Å².